The van der Waals surface area contributed by atoms with Crippen LogP contribution in [-0.4, -0.2) is 24.5 Å². The number of nitrogens with one attached hydrogen (secondary N) is 2. The van der Waals surface area contributed by atoms with Gasteiger partial charge in [0.25, 0.3) is 0 Å². The van der Waals surface area contributed by atoms with Crippen molar-refractivity contribution < 1.29 is 14.3 Å². The Bertz CT molecular complexity index is 814. The summed E-state index contributed by atoms with van der Waals surface area (Å²) in [7, 11) is 0. The van der Waals surface area contributed by atoms with Gasteiger partial charge in [-0.15, -0.1) is 0 Å². The van der Waals surface area contributed by atoms with Crippen LogP contribution in [0.5, 0.6) is 5.75 Å². The van der Waals surface area contributed by atoms with Crippen LogP contribution in [0.15, 0.2) is 42.5 Å². The first-order valence-corrected chi connectivity index (χ1v) is 8.61. The minimum atomic E-state index is -0.389. The van der Waals surface area contributed by atoms with Crippen LogP contribution in [0.2, 0.25) is 0 Å². The molecule has 2 aromatic carbocycles. The van der Waals surface area contributed by atoms with Gasteiger partial charge in [0.05, 0.1) is 6.61 Å². The Morgan fingerprint density at radius 1 is 1.12 bits per heavy atom. The van der Waals surface area contributed by atoms with Gasteiger partial charge in [-0.1, -0.05) is 30.3 Å². The molecule has 0 aromatic heterocycles. The average molecular weight is 336 g/mol. The predicted molar refractivity (Wildman–Crippen MR) is 94.1 cm³/mol. The van der Waals surface area contributed by atoms with Gasteiger partial charge >= 0.3 is 0 Å². The average Bonchev–Trinajstić information content (AvgIpc) is 3.28. The maximum Gasteiger partial charge on any atom is 0.242 e. The Labute approximate surface area is 146 Å². The summed E-state index contributed by atoms with van der Waals surface area (Å²) in [5, 5.41) is 5.56. The molecule has 2 N–H and O–H groups in total. The topological polar surface area (TPSA) is 67.4 Å². The summed E-state index contributed by atoms with van der Waals surface area (Å²) in [5.41, 5.74) is 4.61. The van der Waals surface area contributed by atoms with Gasteiger partial charge in [-0.3, -0.25) is 9.59 Å². The predicted octanol–water partition coefficient (Wildman–Crippen LogP) is 2.18. The van der Waals surface area contributed by atoms with E-state index >= 15 is 0 Å². The molecular weight excluding hydrogens is 316 g/mol. The third kappa shape index (κ3) is 3.36. The van der Waals surface area contributed by atoms with Crippen LogP contribution < -0.4 is 15.4 Å². The molecule has 2 aliphatic heterocycles. The molecule has 2 aromatic rings. The molecule has 0 spiro atoms. The molecule has 0 radical (unpaired) electrons. The van der Waals surface area contributed by atoms with Crippen molar-refractivity contribution in [2.24, 2.45) is 0 Å². The highest BCUT2D eigenvalue weighted by Gasteiger charge is 2.26. The van der Waals surface area contributed by atoms with E-state index < -0.39 is 0 Å². The summed E-state index contributed by atoms with van der Waals surface area (Å²) in [6.45, 7) is 1.22. The first-order chi connectivity index (χ1) is 12.2. The van der Waals surface area contributed by atoms with E-state index in [9.17, 15) is 9.59 Å². The SMILES string of the molecule is O=C1CC[C@H](C(=O)NCc2ccc(-c3ccc4c(c3)CCO4)cc2)N1. The number of rotatable bonds is 4. The van der Waals surface area contributed by atoms with Crippen molar-refractivity contribution in [2.45, 2.75) is 31.8 Å². The molecule has 0 unspecified atom stereocenters. The number of benzene rings is 2. The molecule has 5 heteroatoms. The highest BCUT2D eigenvalue weighted by atomic mass is 16.5. The summed E-state index contributed by atoms with van der Waals surface area (Å²) >= 11 is 0. The van der Waals surface area contributed by atoms with Crippen LogP contribution in [0, 0.1) is 0 Å². The molecule has 128 valence electrons. The molecular formula is C20H20N2O3. The van der Waals surface area contributed by atoms with Crippen LogP contribution in [0.25, 0.3) is 11.1 Å². The smallest absolute Gasteiger partial charge is 0.242 e. The lowest BCUT2D eigenvalue weighted by Gasteiger charge is -2.11. The fourth-order valence-electron chi connectivity index (χ4n) is 3.30. The zero-order chi connectivity index (χ0) is 17.2. The number of amides is 2. The second-order valence-electron chi connectivity index (χ2n) is 6.49. The van der Waals surface area contributed by atoms with Crippen LogP contribution in [0.1, 0.15) is 24.0 Å². The third-order valence-corrected chi connectivity index (χ3v) is 4.76. The normalized spacial score (nSPS) is 18.4. The van der Waals surface area contributed by atoms with Crippen molar-refractivity contribution in [1.82, 2.24) is 10.6 Å². The Morgan fingerprint density at radius 2 is 1.92 bits per heavy atom. The Kier molecular flexibility index (Phi) is 4.14. The summed E-state index contributed by atoms with van der Waals surface area (Å²) in [4.78, 5) is 23.2. The van der Waals surface area contributed by atoms with Gasteiger partial charge in [-0.2, -0.15) is 0 Å². The lowest BCUT2D eigenvalue weighted by molar-refractivity contribution is -0.125. The molecule has 2 aliphatic rings. The van der Waals surface area contributed by atoms with E-state index in [0.717, 1.165) is 29.9 Å². The highest BCUT2D eigenvalue weighted by Crippen LogP contribution is 2.30. The molecule has 5 nitrogen and oxygen atoms in total. The highest BCUT2D eigenvalue weighted by molar-refractivity contribution is 5.90. The Balaban J connectivity index is 1.38. The zero-order valence-corrected chi connectivity index (χ0v) is 13.9. The second-order valence-corrected chi connectivity index (χ2v) is 6.49. The minimum Gasteiger partial charge on any atom is -0.493 e. The van der Waals surface area contributed by atoms with Crippen molar-refractivity contribution in [3.63, 3.8) is 0 Å². The first kappa shape index (κ1) is 15.7. The minimum absolute atomic E-state index is 0.0516. The quantitative estimate of drug-likeness (QED) is 0.899. The molecule has 2 amide bonds. The number of ether oxygens (including phenoxy) is 1. The summed E-state index contributed by atoms with van der Waals surface area (Å²) < 4.78 is 5.55. The van der Waals surface area contributed by atoms with Gasteiger partial charge in [0.15, 0.2) is 0 Å². The van der Waals surface area contributed by atoms with Gasteiger partial charge in [-0.25, -0.2) is 0 Å². The van der Waals surface area contributed by atoms with E-state index in [1.807, 2.05) is 18.2 Å². The molecule has 4 rings (SSSR count). The largest absolute Gasteiger partial charge is 0.493 e. The lowest BCUT2D eigenvalue weighted by Crippen LogP contribution is -2.41. The molecule has 25 heavy (non-hydrogen) atoms. The summed E-state index contributed by atoms with van der Waals surface area (Å²) in [6, 6.07) is 14.1. The van der Waals surface area contributed by atoms with E-state index in [-0.39, 0.29) is 17.9 Å². The molecule has 1 atom stereocenters. The van der Waals surface area contributed by atoms with Gasteiger partial charge in [0.2, 0.25) is 11.8 Å². The summed E-state index contributed by atoms with van der Waals surface area (Å²) in [6.07, 6.45) is 1.97. The Hall–Kier alpha value is -2.82. The monoisotopic (exact) mass is 336 g/mol. The van der Waals surface area contributed by atoms with Crippen molar-refractivity contribution in [3.8, 4) is 16.9 Å². The number of fused-ring (bicyclic) bond motifs is 1. The lowest BCUT2D eigenvalue weighted by atomic mass is 10.0. The Morgan fingerprint density at radius 3 is 2.68 bits per heavy atom. The summed E-state index contributed by atoms with van der Waals surface area (Å²) in [5.74, 6) is 0.819. The van der Waals surface area contributed by atoms with E-state index in [4.69, 9.17) is 4.74 Å². The van der Waals surface area contributed by atoms with Crippen LogP contribution in [0.4, 0.5) is 0 Å². The van der Waals surface area contributed by atoms with E-state index in [0.29, 0.717) is 19.4 Å². The standard InChI is InChI=1S/C20H20N2O3/c23-19-8-6-17(22-19)20(24)21-12-13-1-3-14(4-2-13)15-5-7-18-16(11-15)9-10-25-18/h1-5,7,11,17H,6,8-10,12H2,(H,21,24)(H,22,23)/t17-/m1/s1. The van der Waals surface area contributed by atoms with Crippen molar-refractivity contribution in [1.29, 1.82) is 0 Å². The van der Waals surface area contributed by atoms with Gasteiger partial charge in [0.1, 0.15) is 11.8 Å². The molecule has 1 fully saturated rings. The fraction of sp³-hybridized carbons (Fsp3) is 0.300. The molecule has 0 saturated carbocycles. The molecule has 1 saturated heterocycles. The zero-order valence-electron chi connectivity index (χ0n) is 13.9. The van der Waals surface area contributed by atoms with E-state index in [1.54, 1.807) is 0 Å². The van der Waals surface area contributed by atoms with Crippen LogP contribution >= 0.6 is 0 Å². The second kappa shape index (κ2) is 6.59. The van der Waals surface area contributed by atoms with Gasteiger partial charge in [0, 0.05) is 19.4 Å². The molecule has 0 bridgehead atoms. The number of hydrogen-bond donors (Lipinski definition) is 2. The number of hydrogen-bond acceptors (Lipinski definition) is 3. The molecule has 2 heterocycles. The first-order valence-electron chi connectivity index (χ1n) is 8.61. The fourth-order valence-corrected chi connectivity index (χ4v) is 3.30. The van der Waals surface area contributed by atoms with Crippen molar-refractivity contribution in [2.75, 3.05) is 6.61 Å². The number of carbonyl (C=O) groups is 2. The van der Waals surface area contributed by atoms with Crippen molar-refractivity contribution in [3.05, 3.63) is 53.6 Å². The van der Waals surface area contributed by atoms with Crippen LogP contribution in [0.3, 0.4) is 0 Å². The van der Waals surface area contributed by atoms with Gasteiger partial charge in [-0.05, 0) is 40.8 Å². The maximum absolute atomic E-state index is 12.0. The van der Waals surface area contributed by atoms with E-state index in [1.165, 1.54) is 11.1 Å². The van der Waals surface area contributed by atoms with E-state index in [2.05, 4.69) is 34.9 Å². The van der Waals surface area contributed by atoms with Gasteiger partial charge < -0.3 is 15.4 Å². The third-order valence-electron chi connectivity index (χ3n) is 4.76. The number of carbonyl (C=O) groups excluding carboxylic acids is 2. The van der Waals surface area contributed by atoms with Crippen molar-refractivity contribution >= 4 is 11.8 Å². The van der Waals surface area contributed by atoms with Crippen LogP contribution in [-0.2, 0) is 22.6 Å². The maximum atomic E-state index is 12.0. The molecule has 0 aliphatic carbocycles.